The van der Waals surface area contributed by atoms with E-state index < -0.39 is 12.1 Å². The summed E-state index contributed by atoms with van der Waals surface area (Å²) in [4.78, 5) is 29.6. The molecular formula is C9H10F3N3O4S. The molecule has 0 radical (unpaired) electrons. The predicted octanol–water partition coefficient (Wildman–Crippen LogP) is 0.410. The maximum absolute atomic E-state index is 11.3. The molecule has 0 atom stereocenters. The Kier molecular flexibility index (Phi) is 5.85. The Morgan fingerprint density at radius 3 is 2.45 bits per heavy atom. The van der Waals surface area contributed by atoms with E-state index in [2.05, 4.69) is 15.8 Å². The van der Waals surface area contributed by atoms with Gasteiger partial charge in [-0.1, -0.05) is 0 Å². The number of alkyl halides is 3. The normalized spacial score (nSPS) is 14.8. The number of hydroxylamine groups is 1. The van der Waals surface area contributed by atoms with Gasteiger partial charge in [-0.2, -0.15) is 13.2 Å². The van der Waals surface area contributed by atoms with Gasteiger partial charge in [0.05, 0.1) is 11.7 Å². The summed E-state index contributed by atoms with van der Waals surface area (Å²) >= 11 is 1.29. The van der Waals surface area contributed by atoms with Crippen LogP contribution in [0.4, 0.5) is 13.2 Å². The molecule has 0 aromatic carbocycles. The first-order chi connectivity index (χ1) is 9.30. The summed E-state index contributed by atoms with van der Waals surface area (Å²) in [5.74, 6) is -2.98. The first-order valence-electron chi connectivity index (χ1n) is 5.16. The molecule has 1 fully saturated rings. The van der Waals surface area contributed by atoms with Crippen LogP contribution >= 0.6 is 11.3 Å². The number of nitrogens with one attached hydrogen (secondary N) is 2. The molecule has 20 heavy (non-hydrogen) atoms. The largest absolute Gasteiger partial charge is 0.490 e. The van der Waals surface area contributed by atoms with Crippen molar-refractivity contribution in [1.82, 2.24) is 15.8 Å². The highest BCUT2D eigenvalue weighted by Gasteiger charge is 2.38. The van der Waals surface area contributed by atoms with Crippen molar-refractivity contribution in [2.24, 2.45) is 0 Å². The number of aromatic nitrogens is 1. The highest BCUT2D eigenvalue weighted by molar-refractivity contribution is 7.11. The molecule has 0 saturated carbocycles. The monoisotopic (exact) mass is 313 g/mol. The van der Waals surface area contributed by atoms with Gasteiger partial charge >= 0.3 is 12.1 Å². The fourth-order valence-corrected chi connectivity index (χ4v) is 1.37. The number of rotatable bonds is 3. The Balaban J connectivity index is 0.000000246. The second-order valence-corrected chi connectivity index (χ2v) is 4.38. The molecule has 0 aliphatic carbocycles. The number of carbonyl (C=O) groups excluding carboxylic acids is 1. The first kappa shape index (κ1) is 16.3. The van der Waals surface area contributed by atoms with Gasteiger partial charge in [-0.05, 0) is 0 Å². The standard InChI is InChI=1S/C7H9N3O2S.C2HF3O2/c11-7(6-3-9-4-13-6)10-12-5-1-8-2-5;3-2(4,5)1(6)7/h3-5,8H,1-2H2,(H,10,11);(H,6,7). The molecule has 1 saturated heterocycles. The van der Waals surface area contributed by atoms with E-state index in [1.54, 1.807) is 5.51 Å². The Morgan fingerprint density at radius 2 is 2.10 bits per heavy atom. The lowest BCUT2D eigenvalue weighted by molar-refractivity contribution is -0.192. The van der Waals surface area contributed by atoms with Crippen LogP contribution in [0, 0.1) is 0 Å². The minimum atomic E-state index is -5.08. The number of hydrogen-bond acceptors (Lipinski definition) is 6. The molecule has 2 rings (SSSR count). The van der Waals surface area contributed by atoms with Crippen molar-refractivity contribution in [1.29, 1.82) is 0 Å². The van der Waals surface area contributed by atoms with Gasteiger partial charge in [0.1, 0.15) is 11.0 Å². The molecule has 1 aliphatic heterocycles. The van der Waals surface area contributed by atoms with E-state index in [1.165, 1.54) is 17.5 Å². The third-order valence-electron chi connectivity index (χ3n) is 1.96. The zero-order valence-corrected chi connectivity index (χ0v) is 10.6. The Hall–Kier alpha value is -1.72. The van der Waals surface area contributed by atoms with E-state index >= 15 is 0 Å². The van der Waals surface area contributed by atoms with Crippen LogP contribution < -0.4 is 10.8 Å². The lowest BCUT2D eigenvalue weighted by atomic mass is 10.2. The summed E-state index contributed by atoms with van der Waals surface area (Å²) in [7, 11) is 0. The van der Waals surface area contributed by atoms with Gasteiger partial charge in [-0.25, -0.2) is 10.3 Å². The quantitative estimate of drug-likeness (QED) is 0.699. The Labute approximate surface area is 114 Å². The SMILES string of the molecule is O=C(NOC1CNC1)c1cncs1.O=C(O)C(F)(F)F. The zero-order valence-electron chi connectivity index (χ0n) is 9.81. The molecule has 1 aliphatic rings. The molecule has 1 amide bonds. The maximum atomic E-state index is 11.3. The number of halogens is 3. The predicted molar refractivity (Wildman–Crippen MR) is 61.0 cm³/mol. The molecule has 1 aromatic rings. The van der Waals surface area contributed by atoms with Gasteiger partial charge in [0.2, 0.25) is 0 Å². The summed E-state index contributed by atoms with van der Waals surface area (Å²) in [6.45, 7) is 1.59. The molecule has 112 valence electrons. The van der Waals surface area contributed by atoms with E-state index in [0.717, 1.165) is 13.1 Å². The molecule has 0 bridgehead atoms. The van der Waals surface area contributed by atoms with Gasteiger partial charge < -0.3 is 10.4 Å². The first-order valence-corrected chi connectivity index (χ1v) is 6.04. The average molecular weight is 313 g/mol. The van der Waals surface area contributed by atoms with Crippen LogP contribution in [0.5, 0.6) is 0 Å². The van der Waals surface area contributed by atoms with Gasteiger partial charge in [0, 0.05) is 13.1 Å². The number of aliphatic carboxylic acids is 1. The molecule has 1 aromatic heterocycles. The van der Waals surface area contributed by atoms with E-state index in [9.17, 15) is 18.0 Å². The number of carbonyl (C=O) groups is 2. The van der Waals surface area contributed by atoms with Gasteiger partial charge in [0.25, 0.3) is 5.91 Å². The fraction of sp³-hybridized carbons (Fsp3) is 0.444. The van der Waals surface area contributed by atoms with Gasteiger partial charge in [-0.3, -0.25) is 14.6 Å². The summed E-state index contributed by atoms with van der Waals surface area (Å²) in [5, 5.41) is 10.2. The Bertz CT molecular complexity index is 448. The van der Waals surface area contributed by atoms with Crippen LogP contribution in [0.25, 0.3) is 0 Å². The van der Waals surface area contributed by atoms with Crippen molar-refractivity contribution in [2.45, 2.75) is 12.3 Å². The van der Waals surface area contributed by atoms with Crippen LogP contribution in [-0.4, -0.2) is 47.3 Å². The lowest BCUT2D eigenvalue weighted by Crippen LogP contribution is -2.51. The van der Waals surface area contributed by atoms with Crippen molar-refractivity contribution >= 4 is 23.2 Å². The molecule has 3 N–H and O–H groups in total. The highest BCUT2D eigenvalue weighted by Crippen LogP contribution is 2.13. The van der Waals surface area contributed by atoms with Crippen molar-refractivity contribution in [3.05, 3.63) is 16.6 Å². The molecule has 0 unspecified atom stereocenters. The molecule has 11 heteroatoms. The second kappa shape index (κ2) is 7.17. The number of thiazole rings is 1. The highest BCUT2D eigenvalue weighted by atomic mass is 32.1. The van der Waals surface area contributed by atoms with Crippen LogP contribution in [0.3, 0.4) is 0 Å². The second-order valence-electron chi connectivity index (χ2n) is 3.50. The number of hydrogen-bond donors (Lipinski definition) is 3. The number of carboxylic acid groups (broad SMARTS) is 1. The molecule has 2 heterocycles. The van der Waals surface area contributed by atoms with Crippen molar-refractivity contribution in [3.63, 3.8) is 0 Å². The van der Waals surface area contributed by atoms with E-state index in [1.807, 2.05) is 0 Å². The number of nitrogens with zero attached hydrogens (tertiary/aromatic N) is 1. The van der Waals surface area contributed by atoms with E-state index in [0.29, 0.717) is 4.88 Å². The Morgan fingerprint density at radius 1 is 1.50 bits per heavy atom. The number of carboxylic acids is 1. The summed E-state index contributed by atoms with van der Waals surface area (Å²) in [5.41, 5.74) is 3.99. The van der Waals surface area contributed by atoms with Crippen LogP contribution in [0.15, 0.2) is 11.7 Å². The van der Waals surface area contributed by atoms with E-state index in [-0.39, 0.29) is 12.0 Å². The number of amides is 1. The summed E-state index contributed by atoms with van der Waals surface area (Å²) in [6.07, 6.45) is -3.46. The molecular weight excluding hydrogens is 303 g/mol. The third kappa shape index (κ3) is 5.50. The molecule has 0 spiro atoms. The van der Waals surface area contributed by atoms with Gasteiger partial charge in [-0.15, -0.1) is 11.3 Å². The van der Waals surface area contributed by atoms with Gasteiger partial charge in [0.15, 0.2) is 0 Å². The topological polar surface area (TPSA) is 101 Å². The minimum Gasteiger partial charge on any atom is -0.475 e. The van der Waals surface area contributed by atoms with Crippen molar-refractivity contribution in [3.8, 4) is 0 Å². The zero-order chi connectivity index (χ0) is 15.2. The fourth-order valence-electron chi connectivity index (χ4n) is 0.861. The van der Waals surface area contributed by atoms with Crippen LogP contribution in [0.2, 0.25) is 0 Å². The minimum absolute atomic E-state index is 0.108. The summed E-state index contributed by atoms with van der Waals surface area (Å²) in [6, 6.07) is 0. The average Bonchev–Trinajstić information content (AvgIpc) is 2.79. The molecule has 7 nitrogen and oxygen atoms in total. The van der Waals surface area contributed by atoms with Crippen LogP contribution in [-0.2, 0) is 9.63 Å². The van der Waals surface area contributed by atoms with Crippen molar-refractivity contribution in [2.75, 3.05) is 13.1 Å². The lowest BCUT2D eigenvalue weighted by Gasteiger charge is -2.26. The van der Waals surface area contributed by atoms with Crippen LogP contribution in [0.1, 0.15) is 9.67 Å². The maximum Gasteiger partial charge on any atom is 0.490 e. The smallest absolute Gasteiger partial charge is 0.475 e. The van der Waals surface area contributed by atoms with Crippen molar-refractivity contribution < 1.29 is 32.7 Å². The third-order valence-corrected chi connectivity index (χ3v) is 2.73. The summed E-state index contributed by atoms with van der Waals surface area (Å²) < 4.78 is 31.7. The van der Waals surface area contributed by atoms with E-state index in [4.69, 9.17) is 14.7 Å².